The second-order valence-corrected chi connectivity index (χ2v) is 5.07. The Morgan fingerprint density at radius 2 is 1.75 bits per heavy atom. The molecule has 0 aliphatic rings. The van der Waals surface area contributed by atoms with Gasteiger partial charge in [0.1, 0.15) is 11.5 Å². The van der Waals surface area contributed by atoms with E-state index in [-0.39, 0.29) is 5.76 Å². The summed E-state index contributed by atoms with van der Waals surface area (Å²) in [5, 5.41) is 2.65. The van der Waals surface area contributed by atoms with Gasteiger partial charge in [-0.1, -0.05) is 0 Å². The first-order valence-corrected chi connectivity index (χ1v) is 7.23. The number of carbonyl (C=O) groups is 2. The lowest BCUT2D eigenvalue weighted by Crippen LogP contribution is -2.30. The summed E-state index contributed by atoms with van der Waals surface area (Å²) in [6.07, 6.45) is 0.387. The van der Waals surface area contributed by atoms with Crippen LogP contribution < -0.4 is 14.8 Å². The van der Waals surface area contributed by atoms with E-state index < -0.39 is 18.0 Å². The van der Waals surface area contributed by atoms with Crippen molar-refractivity contribution < 1.29 is 28.2 Å². The van der Waals surface area contributed by atoms with Gasteiger partial charge in [0, 0.05) is 29.4 Å². The van der Waals surface area contributed by atoms with Crippen LogP contribution in [-0.4, -0.2) is 32.2 Å². The predicted molar refractivity (Wildman–Crippen MR) is 86.5 cm³/mol. The highest BCUT2D eigenvalue weighted by Crippen LogP contribution is 2.26. The summed E-state index contributed by atoms with van der Waals surface area (Å²) < 4.78 is 20.4. The van der Waals surface area contributed by atoms with Gasteiger partial charge in [-0.2, -0.15) is 0 Å². The first-order chi connectivity index (χ1) is 11.4. The first-order valence-electron chi connectivity index (χ1n) is 7.23. The summed E-state index contributed by atoms with van der Waals surface area (Å²) in [6.45, 7) is 3.19. The number of hydrogen-bond donors (Lipinski definition) is 1. The van der Waals surface area contributed by atoms with Crippen LogP contribution in [-0.2, 0) is 9.53 Å². The molecule has 1 N–H and O–H groups in total. The third-order valence-corrected chi connectivity index (χ3v) is 3.32. The second kappa shape index (κ2) is 7.54. The average Bonchev–Trinajstić information content (AvgIpc) is 3.00. The van der Waals surface area contributed by atoms with Gasteiger partial charge in [-0.25, -0.2) is 4.79 Å². The maximum Gasteiger partial charge on any atom is 0.375 e. The van der Waals surface area contributed by atoms with E-state index in [0.717, 1.165) is 0 Å². The van der Waals surface area contributed by atoms with Crippen LogP contribution in [0.15, 0.2) is 34.9 Å². The zero-order valence-electron chi connectivity index (χ0n) is 13.9. The minimum Gasteiger partial charge on any atom is -0.497 e. The number of carbonyl (C=O) groups excluding carboxylic acids is 2. The van der Waals surface area contributed by atoms with Crippen LogP contribution in [0.2, 0.25) is 0 Å². The van der Waals surface area contributed by atoms with Crippen molar-refractivity contribution in [2.24, 2.45) is 0 Å². The Balaban J connectivity index is 2.04. The molecule has 7 heteroatoms. The first kappa shape index (κ1) is 17.4. The van der Waals surface area contributed by atoms with Gasteiger partial charge in [0.15, 0.2) is 6.10 Å². The maximum atomic E-state index is 12.2. The lowest BCUT2D eigenvalue weighted by Gasteiger charge is -2.14. The smallest absolute Gasteiger partial charge is 0.375 e. The van der Waals surface area contributed by atoms with Gasteiger partial charge in [0.25, 0.3) is 5.91 Å². The van der Waals surface area contributed by atoms with Crippen molar-refractivity contribution in [3.8, 4) is 11.5 Å². The molecule has 128 valence electrons. The molecule has 0 saturated heterocycles. The fourth-order valence-electron chi connectivity index (χ4n) is 1.97. The summed E-state index contributed by atoms with van der Waals surface area (Å²) in [4.78, 5) is 24.2. The van der Waals surface area contributed by atoms with Crippen LogP contribution in [0.1, 0.15) is 23.0 Å². The number of esters is 1. The minimum atomic E-state index is -1.00. The number of ether oxygens (including phenoxy) is 3. The Bertz CT molecular complexity index is 714. The molecular formula is C17H19NO6. The summed E-state index contributed by atoms with van der Waals surface area (Å²) in [6, 6.07) is 6.58. The molecule has 0 aliphatic carbocycles. The van der Waals surface area contributed by atoms with E-state index in [2.05, 4.69) is 5.32 Å². The van der Waals surface area contributed by atoms with Crippen molar-refractivity contribution in [1.82, 2.24) is 0 Å². The third kappa shape index (κ3) is 4.07. The molecule has 1 amide bonds. The lowest BCUT2D eigenvalue weighted by molar-refractivity contribution is -0.123. The van der Waals surface area contributed by atoms with E-state index in [4.69, 9.17) is 18.6 Å². The van der Waals surface area contributed by atoms with E-state index in [1.54, 1.807) is 31.2 Å². The van der Waals surface area contributed by atoms with Crippen LogP contribution in [0, 0.1) is 6.92 Å². The van der Waals surface area contributed by atoms with E-state index >= 15 is 0 Å². The lowest BCUT2D eigenvalue weighted by atomic mass is 10.2. The zero-order valence-corrected chi connectivity index (χ0v) is 13.9. The SMILES string of the molecule is COc1cc(NC(=O)[C@@H](C)OC(=O)c2occc2C)cc(OC)c1. The molecule has 7 nitrogen and oxygen atoms in total. The number of amides is 1. The monoisotopic (exact) mass is 333 g/mol. The Labute approximate surface area is 139 Å². The number of nitrogens with one attached hydrogen (secondary N) is 1. The predicted octanol–water partition coefficient (Wildman–Crippen LogP) is 2.79. The number of benzene rings is 1. The van der Waals surface area contributed by atoms with Crippen LogP contribution >= 0.6 is 0 Å². The summed E-state index contributed by atoms with van der Waals surface area (Å²) in [7, 11) is 3.02. The van der Waals surface area contributed by atoms with Crippen molar-refractivity contribution in [3.05, 3.63) is 41.9 Å². The molecule has 1 heterocycles. The Morgan fingerprint density at radius 1 is 1.12 bits per heavy atom. The van der Waals surface area contributed by atoms with Gasteiger partial charge in [-0.05, 0) is 19.9 Å². The normalized spacial score (nSPS) is 11.5. The van der Waals surface area contributed by atoms with E-state index in [0.29, 0.717) is 22.7 Å². The molecule has 0 spiro atoms. The number of methoxy groups -OCH3 is 2. The fourth-order valence-corrected chi connectivity index (χ4v) is 1.97. The summed E-state index contributed by atoms with van der Waals surface area (Å²) in [5.74, 6) is -0.0371. The highest BCUT2D eigenvalue weighted by molar-refractivity contribution is 5.97. The van der Waals surface area contributed by atoms with Gasteiger partial charge in [-0.15, -0.1) is 0 Å². The zero-order chi connectivity index (χ0) is 17.7. The Morgan fingerprint density at radius 3 is 2.25 bits per heavy atom. The van der Waals surface area contributed by atoms with Gasteiger partial charge in [-0.3, -0.25) is 4.79 Å². The highest BCUT2D eigenvalue weighted by Gasteiger charge is 2.22. The van der Waals surface area contributed by atoms with Gasteiger partial charge >= 0.3 is 5.97 Å². The number of furan rings is 1. The topological polar surface area (TPSA) is 87.0 Å². The molecule has 0 aliphatic heterocycles. The van der Waals surface area contributed by atoms with E-state index in [9.17, 15) is 9.59 Å². The van der Waals surface area contributed by atoms with Crippen LogP contribution in [0.25, 0.3) is 0 Å². The van der Waals surface area contributed by atoms with Crippen molar-refractivity contribution >= 4 is 17.6 Å². The van der Waals surface area contributed by atoms with Crippen molar-refractivity contribution in [2.75, 3.05) is 19.5 Å². The second-order valence-electron chi connectivity index (χ2n) is 5.07. The number of rotatable bonds is 6. The number of hydrogen-bond acceptors (Lipinski definition) is 6. The Hall–Kier alpha value is -2.96. The molecule has 1 atom stereocenters. The highest BCUT2D eigenvalue weighted by atomic mass is 16.6. The standard InChI is InChI=1S/C17H19NO6/c1-10-5-6-23-15(10)17(20)24-11(2)16(19)18-12-7-13(21-3)9-14(8-12)22-4/h5-9,11H,1-4H3,(H,18,19)/t11-/m1/s1. The molecule has 24 heavy (non-hydrogen) atoms. The van der Waals surface area contributed by atoms with Gasteiger partial charge < -0.3 is 23.9 Å². The van der Waals surface area contributed by atoms with Crippen molar-refractivity contribution in [3.63, 3.8) is 0 Å². The van der Waals surface area contributed by atoms with Gasteiger partial charge in [0.05, 0.1) is 20.5 Å². The van der Waals surface area contributed by atoms with Crippen molar-refractivity contribution in [2.45, 2.75) is 20.0 Å². The fraction of sp³-hybridized carbons (Fsp3) is 0.294. The minimum absolute atomic E-state index is 0.0812. The van der Waals surface area contributed by atoms with Crippen LogP contribution in [0.4, 0.5) is 5.69 Å². The molecule has 0 saturated carbocycles. The van der Waals surface area contributed by atoms with Crippen molar-refractivity contribution in [1.29, 1.82) is 0 Å². The summed E-state index contributed by atoms with van der Waals surface area (Å²) >= 11 is 0. The van der Waals surface area contributed by atoms with Gasteiger partial charge in [0.2, 0.25) is 5.76 Å². The molecule has 0 radical (unpaired) electrons. The molecule has 2 aromatic rings. The molecule has 1 aromatic heterocycles. The molecule has 0 bridgehead atoms. The molecular weight excluding hydrogens is 314 g/mol. The van der Waals surface area contributed by atoms with Crippen LogP contribution in [0.3, 0.4) is 0 Å². The number of anilines is 1. The van der Waals surface area contributed by atoms with E-state index in [1.807, 2.05) is 0 Å². The largest absolute Gasteiger partial charge is 0.497 e. The third-order valence-electron chi connectivity index (χ3n) is 3.32. The van der Waals surface area contributed by atoms with E-state index in [1.165, 1.54) is 27.4 Å². The quantitative estimate of drug-likeness (QED) is 0.818. The molecule has 0 fully saturated rings. The molecule has 0 unspecified atom stereocenters. The summed E-state index contributed by atoms with van der Waals surface area (Å²) in [5.41, 5.74) is 1.11. The molecule has 2 rings (SSSR count). The Kier molecular flexibility index (Phi) is 5.47. The number of aryl methyl sites for hydroxylation is 1. The average molecular weight is 333 g/mol. The maximum absolute atomic E-state index is 12.2. The van der Waals surface area contributed by atoms with Crippen LogP contribution in [0.5, 0.6) is 11.5 Å². The molecule has 1 aromatic carbocycles.